The lowest BCUT2D eigenvalue weighted by molar-refractivity contribution is -0.385. The monoisotopic (exact) mass is 283 g/mol. The summed E-state index contributed by atoms with van der Waals surface area (Å²) in [5, 5.41) is 17.0. The quantitative estimate of drug-likeness (QED) is 0.655. The van der Waals surface area contributed by atoms with E-state index in [2.05, 4.69) is 10.6 Å². The highest BCUT2D eigenvalue weighted by Crippen LogP contribution is 2.29. The number of benzene rings is 2. The van der Waals surface area contributed by atoms with Crippen LogP contribution in [-0.4, -0.2) is 10.8 Å². The van der Waals surface area contributed by atoms with Gasteiger partial charge in [0.15, 0.2) is 0 Å². The van der Waals surface area contributed by atoms with E-state index in [1.54, 1.807) is 31.2 Å². The van der Waals surface area contributed by atoms with E-state index < -0.39 is 11.1 Å². The molecule has 1 aliphatic heterocycles. The molecule has 3 rings (SSSR count). The second-order valence-corrected chi connectivity index (χ2v) is 4.90. The molecule has 0 aromatic heterocycles. The van der Waals surface area contributed by atoms with Crippen LogP contribution in [0, 0.1) is 17.0 Å². The van der Waals surface area contributed by atoms with Gasteiger partial charge in [-0.2, -0.15) is 0 Å². The number of nitro groups is 1. The van der Waals surface area contributed by atoms with E-state index in [-0.39, 0.29) is 11.6 Å². The number of hydrogen-bond donors (Lipinski definition) is 2. The molecular weight excluding hydrogens is 270 g/mol. The Hall–Kier alpha value is -2.89. The Morgan fingerprint density at radius 3 is 2.67 bits per heavy atom. The van der Waals surface area contributed by atoms with Crippen molar-refractivity contribution >= 4 is 17.3 Å². The van der Waals surface area contributed by atoms with Crippen LogP contribution >= 0.6 is 0 Å². The Morgan fingerprint density at radius 2 is 1.90 bits per heavy atom. The van der Waals surface area contributed by atoms with E-state index in [9.17, 15) is 14.9 Å². The van der Waals surface area contributed by atoms with Gasteiger partial charge in [-0.1, -0.05) is 24.3 Å². The van der Waals surface area contributed by atoms with Gasteiger partial charge in [-0.05, 0) is 19.1 Å². The number of nitro benzene ring substituents is 1. The van der Waals surface area contributed by atoms with Crippen LogP contribution in [-0.2, 0) is 0 Å². The van der Waals surface area contributed by atoms with Crippen LogP contribution in [0.5, 0.6) is 0 Å². The van der Waals surface area contributed by atoms with E-state index in [0.29, 0.717) is 16.7 Å². The molecule has 6 heteroatoms. The maximum Gasteiger partial charge on any atom is 0.272 e. The second-order valence-electron chi connectivity index (χ2n) is 4.90. The molecule has 0 spiro atoms. The van der Waals surface area contributed by atoms with Crippen molar-refractivity contribution < 1.29 is 9.72 Å². The lowest BCUT2D eigenvalue weighted by Gasteiger charge is -2.28. The SMILES string of the molecule is Cc1ccc([C@H]2NC(=O)c3ccccc3N2)cc1[N+](=O)[O-]. The van der Waals surface area contributed by atoms with Gasteiger partial charge in [-0.25, -0.2) is 0 Å². The van der Waals surface area contributed by atoms with Gasteiger partial charge in [-0.15, -0.1) is 0 Å². The van der Waals surface area contributed by atoms with Gasteiger partial charge in [0.05, 0.1) is 10.5 Å². The number of aryl methyl sites for hydroxylation is 1. The molecule has 0 bridgehead atoms. The van der Waals surface area contributed by atoms with Gasteiger partial charge >= 0.3 is 0 Å². The van der Waals surface area contributed by atoms with E-state index in [1.807, 2.05) is 12.1 Å². The van der Waals surface area contributed by atoms with Crippen LogP contribution in [0.25, 0.3) is 0 Å². The minimum atomic E-state index is -0.480. The second kappa shape index (κ2) is 4.90. The predicted octanol–water partition coefficient (Wildman–Crippen LogP) is 2.76. The molecule has 0 unspecified atom stereocenters. The number of amides is 1. The minimum absolute atomic E-state index is 0.0439. The number of para-hydroxylation sites is 1. The highest BCUT2D eigenvalue weighted by atomic mass is 16.6. The minimum Gasteiger partial charge on any atom is -0.361 e. The third-order valence-electron chi connectivity index (χ3n) is 3.51. The molecule has 106 valence electrons. The summed E-state index contributed by atoms with van der Waals surface area (Å²) in [5.74, 6) is -0.197. The first kappa shape index (κ1) is 13.1. The van der Waals surface area contributed by atoms with Crippen molar-refractivity contribution in [2.24, 2.45) is 0 Å². The van der Waals surface area contributed by atoms with Crippen LogP contribution in [0.4, 0.5) is 11.4 Å². The number of fused-ring (bicyclic) bond motifs is 1. The fourth-order valence-electron chi connectivity index (χ4n) is 2.38. The molecule has 1 atom stereocenters. The first-order valence-corrected chi connectivity index (χ1v) is 6.47. The van der Waals surface area contributed by atoms with Crippen molar-refractivity contribution in [1.29, 1.82) is 0 Å². The first-order valence-electron chi connectivity index (χ1n) is 6.47. The Morgan fingerprint density at radius 1 is 1.14 bits per heavy atom. The largest absolute Gasteiger partial charge is 0.361 e. The Bertz CT molecular complexity index is 743. The zero-order valence-electron chi connectivity index (χ0n) is 11.3. The maximum absolute atomic E-state index is 12.1. The van der Waals surface area contributed by atoms with Crippen molar-refractivity contribution in [1.82, 2.24) is 5.32 Å². The average molecular weight is 283 g/mol. The third-order valence-corrected chi connectivity index (χ3v) is 3.51. The molecule has 6 nitrogen and oxygen atoms in total. The molecule has 2 aromatic rings. The molecule has 1 heterocycles. The molecule has 1 aliphatic rings. The summed E-state index contributed by atoms with van der Waals surface area (Å²) in [6.45, 7) is 1.68. The van der Waals surface area contributed by atoms with Gasteiger partial charge in [-0.3, -0.25) is 14.9 Å². The number of carbonyl (C=O) groups excluding carboxylic acids is 1. The molecule has 0 radical (unpaired) electrons. The van der Waals surface area contributed by atoms with E-state index in [4.69, 9.17) is 0 Å². The Labute approximate surface area is 120 Å². The normalized spacial score (nSPS) is 16.6. The molecule has 0 saturated carbocycles. The van der Waals surface area contributed by atoms with E-state index >= 15 is 0 Å². The standard InChI is InChI=1S/C15H13N3O3/c1-9-6-7-10(8-13(9)18(20)21)14-16-12-5-3-2-4-11(12)15(19)17-14/h2-8,14,16H,1H3,(H,17,19)/t14-/m1/s1. The van der Waals surface area contributed by atoms with Gasteiger partial charge in [0.25, 0.3) is 11.6 Å². The summed E-state index contributed by atoms with van der Waals surface area (Å²) in [7, 11) is 0. The number of nitrogens with one attached hydrogen (secondary N) is 2. The molecular formula is C15H13N3O3. The van der Waals surface area contributed by atoms with Crippen LogP contribution in [0.1, 0.15) is 27.7 Å². The highest BCUT2D eigenvalue weighted by Gasteiger charge is 2.25. The van der Waals surface area contributed by atoms with Gasteiger partial charge in [0.2, 0.25) is 0 Å². The lowest BCUT2D eigenvalue weighted by Crippen LogP contribution is -2.38. The highest BCUT2D eigenvalue weighted by molar-refractivity contribution is 6.01. The Kier molecular flexibility index (Phi) is 3.06. The molecule has 0 aliphatic carbocycles. The number of hydrogen-bond acceptors (Lipinski definition) is 4. The van der Waals surface area contributed by atoms with Crippen molar-refractivity contribution in [3.8, 4) is 0 Å². The van der Waals surface area contributed by atoms with Gasteiger partial charge in [0.1, 0.15) is 6.17 Å². The zero-order chi connectivity index (χ0) is 15.0. The van der Waals surface area contributed by atoms with Crippen molar-refractivity contribution in [2.75, 3.05) is 5.32 Å². The van der Waals surface area contributed by atoms with Gasteiger partial charge < -0.3 is 10.6 Å². The molecule has 21 heavy (non-hydrogen) atoms. The number of nitrogens with zero attached hydrogens (tertiary/aromatic N) is 1. The average Bonchev–Trinajstić information content (AvgIpc) is 2.47. The molecule has 0 saturated heterocycles. The smallest absolute Gasteiger partial charge is 0.272 e. The summed E-state index contributed by atoms with van der Waals surface area (Å²) < 4.78 is 0. The summed E-state index contributed by atoms with van der Waals surface area (Å²) in [6.07, 6.45) is -0.480. The molecule has 2 aromatic carbocycles. The molecule has 1 amide bonds. The third kappa shape index (κ3) is 2.31. The summed E-state index contributed by atoms with van der Waals surface area (Å²) in [6, 6.07) is 12.1. The number of rotatable bonds is 2. The zero-order valence-corrected chi connectivity index (χ0v) is 11.3. The maximum atomic E-state index is 12.1. The fourth-order valence-corrected chi connectivity index (χ4v) is 2.38. The lowest BCUT2D eigenvalue weighted by atomic mass is 10.0. The molecule has 0 fully saturated rings. The van der Waals surface area contributed by atoms with Gasteiger partial charge in [0, 0.05) is 22.9 Å². The summed E-state index contributed by atoms with van der Waals surface area (Å²) >= 11 is 0. The topological polar surface area (TPSA) is 84.3 Å². The van der Waals surface area contributed by atoms with E-state index in [1.165, 1.54) is 6.07 Å². The van der Waals surface area contributed by atoms with Crippen LogP contribution in [0.2, 0.25) is 0 Å². The van der Waals surface area contributed by atoms with Crippen LogP contribution in [0.3, 0.4) is 0 Å². The van der Waals surface area contributed by atoms with Crippen LogP contribution < -0.4 is 10.6 Å². The fraction of sp³-hybridized carbons (Fsp3) is 0.133. The van der Waals surface area contributed by atoms with Crippen molar-refractivity contribution in [3.63, 3.8) is 0 Å². The molecule has 2 N–H and O–H groups in total. The van der Waals surface area contributed by atoms with Crippen molar-refractivity contribution in [2.45, 2.75) is 13.1 Å². The van der Waals surface area contributed by atoms with E-state index in [0.717, 1.165) is 5.69 Å². The summed E-state index contributed by atoms with van der Waals surface area (Å²) in [4.78, 5) is 22.7. The Balaban J connectivity index is 1.98. The summed E-state index contributed by atoms with van der Waals surface area (Å²) in [5.41, 5.74) is 2.56. The number of carbonyl (C=O) groups is 1. The number of anilines is 1. The van der Waals surface area contributed by atoms with Crippen molar-refractivity contribution in [3.05, 3.63) is 69.3 Å². The first-order chi connectivity index (χ1) is 10.1. The van der Waals surface area contributed by atoms with Crippen LogP contribution in [0.15, 0.2) is 42.5 Å². The predicted molar refractivity (Wildman–Crippen MR) is 78.1 cm³/mol.